The Labute approximate surface area is 212 Å². The summed E-state index contributed by atoms with van der Waals surface area (Å²) in [6.45, 7) is 9.77. The van der Waals surface area contributed by atoms with Crippen LogP contribution in [-0.4, -0.2) is 52.4 Å². The van der Waals surface area contributed by atoms with Crippen molar-refractivity contribution in [2.24, 2.45) is 17.3 Å². The van der Waals surface area contributed by atoms with Crippen LogP contribution in [0.2, 0.25) is 0 Å². The van der Waals surface area contributed by atoms with Crippen LogP contribution in [0, 0.1) is 17.3 Å². The summed E-state index contributed by atoms with van der Waals surface area (Å²) in [6.07, 6.45) is 5.16. The molecule has 4 fully saturated rings. The maximum absolute atomic E-state index is 12.8. The molecule has 0 radical (unpaired) electrons. The molecule has 1 aromatic rings. The van der Waals surface area contributed by atoms with Crippen molar-refractivity contribution in [2.45, 2.75) is 95.0 Å². The van der Waals surface area contributed by atoms with E-state index in [0.29, 0.717) is 25.2 Å². The summed E-state index contributed by atoms with van der Waals surface area (Å²) in [7, 11) is 0.220. The first kappa shape index (κ1) is 28.4. The largest absolute Gasteiger partial charge is 0.461 e. The Balaban J connectivity index is 0.000000199. The third kappa shape index (κ3) is 7.20. The molecular weight excluding hydrogens is 470 g/mol. The normalized spacial score (nSPS) is 30.4. The fraction of sp³-hybridized carbons (Fsp3) is 0.750. The van der Waals surface area contributed by atoms with Gasteiger partial charge in [0.05, 0.1) is 18.8 Å². The first-order valence-electron chi connectivity index (χ1n) is 12.8. The molecule has 35 heavy (non-hydrogen) atoms. The molecule has 4 bridgehead atoms. The molecule has 5 rings (SSSR count). The van der Waals surface area contributed by atoms with Gasteiger partial charge in [-0.3, -0.25) is 0 Å². The highest BCUT2D eigenvalue weighted by atomic mass is 32.2. The molecule has 1 aromatic carbocycles. The van der Waals surface area contributed by atoms with Gasteiger partial charge in [-0.25, -0.2) is 4.79 Å². The second-order valence-electron chi connectivity index (χ2n) is 12.1. The fourth-order valence-corrected chi connectivity index (χ4v) is 8.20. The molecule has 4 nitrogen and oxygen atoms in total. The third-order valence-electron chi connectivity index (χ3n) is 7.76. The lowest BCUT2D eigenvalue weighted by molar-refractivity contribution is -0.197. The highest BCUT2D eigenvalue weighted by Gasteiger charge is 2.57. The lowest BCUT2D eigenvalue weighted by Gasteiger charge is -2.59. The van der Waals surface area contributed by atoms with Crippen LogP contribution >= 0.6 is 0 Å². The van der Waals surface area contributed by atoms with E-state index in [1.165, 1.54) is 10.5 Å². The molecule has 198 valence electrons. The lowest BCUT2D eigenvalue weighted by atomic mass is 9.48. The summed E-state index contributed by atoms with van der Waals surface area (Å²) in [5.74, 6) is -1.94. The van der Waals surface area contributed by atoms with E-state index in [0.717, 1.165) is 43.6 Å². The predicted octanol–water partition coefficient (Wildman–Crippen LogP) is 5.49. The van der Waals surface area contributed by atoms with Gasteiger partial charge in [0.15, 0.2) is 4.90 Å². The lowest BCUT2D eigenvalue weighted by Crippen LogP contribution is -2.57. The minimum Gasteiger partial charge on any atom is -0.461 e. The van der Waals surface area contributed by atoms with Crippen LogP contribution in [0.4, 0.5) is 8.78 Å². The van der Waals surface area contributed by atoms with Gasteiger partial charge in [-0.15, -0.1) is 0 Å². The summed E-state index contributed by atoms with van der Waals surface area (Å²) in [4.78, 5) is 12.6. The van der Waals surface area contributed by atoms with Gasteiger partial charge in [-0.2, -0.15) is 8.78 Å². The molecule has 0 aromatic heterocycles. The Kier molecular flexibility index (Phi) is 8.65. The first-order valence-corrected chi connectivity index (χ1v) is 14.4. The number of rotatable bonds is 7. The number of aliphatic hydroxyl groups is 2. The molecule has 3 unspecified atom stereocenters. The molecule has 4 aliphatic carbocycles. The standard InChI is InChI=1S/C14H20F2O3.C14H23OS/c1-12(15,16)11(17)19-8-13-3-9-2-10(4-13)6-14(18,5-9)7-13;1-5-16(11-10-15)13-8-6-12(7-9-13)14(2,3)4/h9-10,18H,2-8H2,1H3;6-9,15H,5,10-11H2,1-4H3/q;+1. The quantitative estimate of drug-likeness (QED) is 0.374. The minimum absolute atomic E-state index is 0.0323. The van der Waals surface area contributed by atoms with Crippen LogP contribution in [-0.2, 0) is 25.8 Å². The van der Waals surface area contributed by atoms with E-state index in [9.17, 15) is 18.7 Å². The molecule has 0 aliphatic heterocycles. The second-order valence-corrected chi connectivity index (χ2v) is 14.6. The van der Waals surface area contributed by atoms with Crippen LogP contribution < -0.4 is 0 Å². The number of esters is 1. The Hall–Kier alpha value is -1.18. The van der Waals surface area contributed by atoms with Crippen LogP contribution in [0.25, 0.3) is 0 Å². The van der Waals surface area contributed by atoms with E-state index in [1.807, 2.05) is 0 Å². The predicted molar refractivity (Wildman–Crippen MR) is 137 cm³/mol. The highest BCUT2D eigenvalue weighted by molar-refractivity contribution is 7.96. The summed E-state index contributed by atoms with van der Waals surface area (Å²) in [5.41, 5.74) is 0.686. The third-order valence-corrected chi connectivity index (χ3v) is 10.1. The van der Waals surface area contributed by atoms with Crippen molar-refractivity contribution in [1.82, 2.24) is 0 Å². The second kappa shape index (κ2) is 10.7. The van der Waals surface area contributed by atoms with Crippen molar-refractivity contribution in [2.75, 3.05) is 24.7 Å². The molecule has 4 saturated carbocycles. The monoisotopic (exact) mass is 513 g/mol. The van der Waals surface area contributed by atoms with E-state index < -0.39 is 17.5 Å². The number of ether oxygens (including phenoxy) is 1. The zero-order valence-corrected chi connectivity index (χ0v) is 22.7. The van der Waals surface area contributed by atoms with E-state index in [4.69, 9.17) is 9.84 Å². The average Bonchev–Trinajstić information content (AvgIpc) is 2.73. The van der Waals surface area contributed by atoms with E-state index in [1.54, 1.807) is 0 Å². The smallest absolute Gasteiger partial charge is 0.376 e. The first-order chi connectivity index (χ1) is 16.2. The number of hydrogen-bond acceptors (Lipinski definition) is 4. The molecule has 0 saturated heterocycles. The van der Waals surface area contributed by atoms with Crippen LogP contribution in [0.15, 0.2) is 29.2 Å². The molecule has 3 atom stereocenters. The van der Waals surface area contributed by atoms with Gasteiger partial charge in [-0.05, 0) is 80.4 Å². The topological polar surface area (TPSA) is 66.8 Å². The van der Waals surface area contributed by atoms with Crippen molar-refractivity contribution in [3.05, 3.63) is 29.8 Å². The van der Waals surface area contributed by atoms with Gasteiger partial charge >= 0.3 is 11.9 Å². The van der Waals surface area contributed by atoms with Crippen molar-refractivity contribution >= 4 is 16.9 Å². The SMILES string of the molecule is CC(F)(F)C(=O)OCC12CC3CC(CC(O)(C3)C1)C2.CC[S+](CCO)c1ccc(C(C)(C)C)cc1. The number of aliphatic hydroxyl groups excluding tert-OH is 1. The number of hydrogen-bond donors (Lipinski definition) is 2. The van der Waals surface area contributed by atoms with Gasteiger partial charge in [-0.1, -0.05) is 32.9 Å². The molecule has 0 heterocycles. The van der Waals surface area contributed by atoms with Crippen molar-refractivity contribution in [3.8, 4) is 0 Å². The van der Waals surface area contributed by atoms with Gasteiger partial charge in [0.1, 0.15) is 11.5 Å². The summed E-state index contributed by atoms with van der Waals surface area (Å²) in [5, 5.41) is 19.5. The number of carbonyl (C=O) groups is 1. The highest BCUT2D eigenvalue weighted by Crippen LogP contribution is 2.61. The maximum Gasteiger partial charge on any atom is 0.376 e. The van der Waals surface area contributed by atoms with Gasteiger partial charge < -0.3 is 14.9 Å². The summed E-state index contributed by atoms with van der Waals surface area (Å²) in [6, 6.07) is 8.90. The van der Waals surface area contributed by atoms with E-state index in [2.05, 4.69) is 52.0 Å². The van der Waals surface area contributed by atoms with Crippen molar-refractivity contribution in [1.29, 1.82) is 0 Å². The summed E-state index contributed by atoms with van der Waals surface area (Å²) >= 11 is 0. The van der Waals surface area contributed by atoms with Crippen LogP contribution in [0.1, 0.15) is 78.7 Å². The summed E-state index contributed by atoms with van der Waals surface area (Å²) < 4.78 is 30.5. The van der Waals surface area contributed by atoms with E-state index >= 15 is 0 Å². The Morgan fingerprint density at radius 1 is 1.09 bits per heavy atom. The molecule has 0 amide bonds. The maximum atomic E-state index is 12.8. The van der Waals surface area contributed by atoms with Crippen molar-refractivity contribution in [3.63, 3.8) is 0 Å². The van der Waals surface area contributed by atoms with Crippen LogP contribution in [0.5, 0.6) is 0 Å². The van der Waals surface area contributed by atoms with Crippen LogP contribution in [0.3, 0.4) is 0 Å². The number of carbonyl (C=O) groups excluding carboxylic acids is 1. The van der Waals surface area contributed by atoms with E-state index in [-0.39, 0.29) is 34.9 Å². The molecular formula is C28H43F2O4S+. The van der Waals surface area contributed by atoms with Gasteiger partial charge in [0, 0.05) is 23.2 Å². The molecule has 7 heteroatoms. The van der Waals surface area contributed by atoms with Gasteiger partial charge in [0.2, 0.25) is 0 Å². The molecule has 0 spiro atoms. The molecule has 4 aliphatic rings. The fourth-order valence-electron chi connectivity index (χ4n) is 6.60. The van der Waals surface area contributed by atoms with Crippen molar-refractivity contribution < 1.29 is 28.5 Å². The Morgan fingerprint density at radius 3 is 2.09 bits per heavy atom. The molecule has 2 N–H and O–H groups in total. The van der Waals surface area contributed by atoms with Gasteiger partial charge in [0.25, 0.3) is 0 Å². The Bertz CT molecular complexity index is 845. The average molecular weight is 514 g/mol. The Morgan fingerprint density at radius 2 is 1.66 bits per heavy atom. The number of benzene rings is 1. The number of alkyl halides is 2. The number of halogens is 2. The zero-order chi connectivity index (χ0) is 26.1. The minimum atomic E-state index is -3.43. The zero-order valence-electron chi connectivity index (χ0n) is 21.9.